The highest BCUT2D eigenvalue weighted by Gasteiger charge is 2.40. The van der Waals surface area contributed by atoms with Gasteiger partial charge in [0.15, 0.2) is 0 Å². The van der Waals surface area contributed by atoms with Crippen molar-refractivity contribution in [3.8, 4) is 0 Å². The molecule has 1 rings (SSSR count). The minimum atomic E-state index is -1.61. The molecule has 13 heteroatoms. The third-order valence-electron chi connectivity index (χ3n) is 5.18. The van der Waals surface area contributed by atoms with E-state index in [1.165, 1.54) is 13.8 Å². The van der Waals surface area contributed by atoms with Gasteiger partial charge < -0.3 is 43.1 Å². The van der Waals surface area contributed by atoms with Gasteiger partial charge in [-0.05, 0) is 26.3 Å². The summed E-state index contributed by atoms with van der Waals surface area (Å²) in [5, 5.41) is 9.72. The van der Waals surface area contributed by atoms with Crippen LogP contribution in [-0.2, 0) is 54.1 Å². The number of benzene rings is 1. The number of rotatable bonds is 18. The minimum absolute atomic E-state index is 0.0153. The second kappa shape index (κ2) is 17.7. The molecule has 39 heavy (non-hydrogen) atoms. The second-order valence-electron chi connectivity index (χ2n) is 8.84. The average Bonchev–Trinajstić information content (AvgIpc) is 2.94. The maximum absolute atomic E-state index is 12.5. The van der Waals surface area contributed by atoms with Crippen LogP contribution >= 0.6 is 0 Å². The summed E-state index contributed by atoms with van der Waals surface area (Å²) in [7, 11) is 0. The smallest absolute Gasteiger partial charge is 0.465 e. The van der Waals surface area contributed by atoms with E-state index in [4.69, 9.17) is 33.2 Å². The van der Waals surface area contributed by atoms with Crippen LogP contribution in [0.25, 0.3) is 0 Å². The molecule has 0 heterocycles. The Labute approximate surface area is 226 Å². The van der Waals surface area contributed by atoms with Crippen LogP contribution in [0.1, 0.15) is 32.8 Å². The van der Waals surface area contributed by atoms with Gasteiger partial charge in [0.05, 0.1) is 26.4 Å². The lowest BCUT2D eigenvalue weighted by Crippen LogP contribution is -2.41. The average molecular weight is 557 g/mol. The van der Waals surface area contributed by atoms with Crippen LogP contribution in [0.15, 0.2) is 30.3 Å². The molecule has 0 saturated carbocycles. The predicted molar refractivity (Wildman–Crippen MR) is 132 cm³/mol. The van der Waals surface area contributed by atoms with Crippen molar-refractivity contribution in [1.29, 1.82) is 0 Å². The molecule has 0 spiro atoms. The molecule has 1 aromatic rings. The van der Waals surface area contributed by atoms with Crippen LogP contribution < -0.4 is 0 Å². The first kappa shape index (κ1) is 33.3. The lowest BCUT2D eigenvalue weighted by molar-refractivity contribution is -0.162. The van der Waals surface area contributed by atoms with Gasteiger partial charge in [0.2, 0.25) is 0 Å². The first-order valence-corrected chi connectivity index (χ1v) is 12.2. The summed E-state index contributed by atoms with van der Waals surface area (Å²) in [5.41, 5.74) is -2.44. The first-order valence-electron chi connectivity index (χ1n) is 12.2. The largest absolute Gasteiger partial charge is 0.508 e. The highest BCUT2D eigenvalue weighted by molar-refractivity contribution is 5.78. The number of aliphatic hydroxyl groups excluding tert-OH is 1. The number of carbonyl (C=O) groups is 5. The number of ether oxygens (including phenoxy) is 7. The van der Waals surface area contributed by atoms with Crippen LogP contribution in [0, 0.1) is 10.8 Å². The Hall–Kier alpha value is -3.71. The fourth-order valence-electron chi connectivity index (χ4n) is 2.69. The predicted octanol–water partition coefficient (Wildman–Crippen LogP) is 2.21. The number of esters is 2. The standard InChI is InChI=1S/C26H36O13/c1-4-34-22(30)26(3,18-38-23(31)35-14-13-33-12-8-11-27)19-39-24(32)37-17-25(2,16-28)21(29)36-15-20-9-6-5-7-10-20/h5-7,9-11,28H,4,8,12-19H2,1-3H3. The van der Waals surface area contributed by atoms with Gasteiger partial charge in [-0.15, -0.1) is 0 Å². The molecule has 2 unspecified atom stereocenters. The molecule has 0 saturated heterocycles. The van der Waals surface area contributed by atoms with E-state index >= 15 is 0 Å². The second-order valence-corrected chi connectivity index (χ2v) is 8.84. The zero-order valence-electron chi connectivity index (χ0n) is 22.4. The fraction of sp³-hybridized carbons (Fsp3) is 0.577. The summed E-state index contributed by atoms with van der Waals surface area (Å²) in [6.07, 6.45) is -1.44. The number of carbonyl (C=O) groups excluding carboxylic acids is 5. The van der Waals surface area contributed by atoms with Crippen LogP contribution in [0.4, 0.5) is 9.59 Å². The fourth-order valence-corrected chi connectivity index (χ4v) is 2.69. The molecule has 0 radical (unpaired) electrons. The number of hydrogen-bond acceptors (Lipinski definition) is 13. The van der Waals surface area contributed by atoms with E-state index < -0.39 is 61.5 Å². The lowest BCUT2D eigenvalue weighted by Gasteiger charge is -2.27. The maximum Gasteiger partial charge on any atom is 0.508 e. The Balaban J connectivity index is 2.58. The normalized spacial score (nSPS) is 13.6. The van der Waals surface area contributed by atoms with Crippen molar-refractivity contribution in [3.63, 3.8) is 0 Å². The van der Waals surface area contributed by atoms with E-state index in [0.717, 1.165) is 5.56 Å². The molecule has 218 valence electrons. The quantitative estimate of drug-likeness (QED) is 0.121. The Bertz CT molecular complexity index is 920. The third kappa shape index (κ3) is 12.6. The Morgan fingerprint density at radius 3 is 1.90 bits per heavy atom. The highest BCUT2D eigenvalue weighted by Crippen LogP contribution is 2.23. The van der Waals surface area contributed by atoms with Crippen molar-refractivity contribution < 1.29 is 62.2 Å². The Morgan fingerprint density at radius 1 is 0.769 bits per heavy atom. The molecule has 0 aliphatic heterocycles. The summed E-state index contributed by atoms with van der Waals surface area (Å²) < 4.78 is 35.0. The van der Waals surface area contributed by atoms with E-state index in [2.05, 4.69) is 0 Å². The zero-order chi connectivity index (χ0) is 29.2. The summed E-state index contributed by atoms with van der Waals surface area (Å²) in [6.45, 7) is 1.93. The molecule has 0 fully saturated rings. The number of aliphatic hydroxyl groups is 1. The Kier molecular flexibility index (Phi) is 15.2. The zero-order valence-corrected chi connectivity index (χ0v) is 22.4. The SMILES string of the molecule is CCOC(=O)C(C)(COC(=O)OCCOCCC=O)COC(=O)OCC(C)(CO)C(=O)OCc1ccccc1. The third-order valence-corrected chi connectivity index (χ3v) is 5.18. The molecular weight excluding hydrogens is 520 g/mol. The highest BCUT2D eigenvalue weighted by atomic mass is 16.7. The molecule has 0 aliphatic rings. The van der Waals surface area contributed by atoms with Gasteiger partial charge in [-0.25, -0.2) is 9.59 Å². The van der Waals surface area contributed by atoms with Gasteiger partial charge in [-0.1, -0.05) is 30.3 Å². The molecule has 0 aliphatic carbocycles. The Morgan fingerprint density at radius 2 is 1.33 bits per heavy atom. The van der Waals surface area contributed by atoms with Crippen molar-refractivity contribution in [2.75, 3.05) is 52.9 Å². The maximum atomic E-state index is 12.5. The molecule has 13 nitrogen and oxygen atoms in total. The van der Waals surface area contributed by atoms with Gasteiger partial charge in [-0.3, -0.25) is 9.59 Å². The number of aldehydes is 1. The molecule has 1 N–H and O–H groups in total. The van der Waals surface area contributed by atoms with Gasteiger partial charge in [0.25, 0.3) is 0 Å². The van der Waals surface area contributed by atoms with Crippen LogP contribution in [-0.4, -0.2) is 88.5 Å². The van der Waals surface area contributed by atoms with Crippen molar-refractivity contribution in [3.05, 3.63) is 35.9 Å². The molecular formula is C26H36O13. The van der Waals surface area contributed by atoms with E-state index in [9.17, 15) is 29.1 Å². The van der Waals surface area contributed by atoms with Crippen LogP contribution in [0.3, 0.4) is 0 Å². The van der Waals surface area contributed by atoms with Crippen molar-refractivity contribution >= 4 is 30.5 Å². The van der Waals surface area contributed by atoms with Crippen LogP contribution in [0.5, 0.6) is 0 Å². The van der Waals surface area contributed by atoms with E-state index in [1.807, 2.05) is 6.07 Å². The summed E-state index contributed by atoms with van der Waals surface area (Å²) in [4.78, 5) is 59.2. The van der Waals surface area contributed by atoms with E-state index in [-0.39, 0.29) is 39.5 Å². The van der Waals surface area contributed by atoms with Gasteiger partial charge in [0.1, 0.15) is 50.2 Å². The topological polar surface area (TPSA) is 170 Å². The summed E-state index contributed by atoms with van der Waals surface area (Å²) in [6, 6.07) is 8.88. The molecule has 1 aromatic carbocycles. The molecule has 0 aromatic heterocycles. The lowest BCUT2D eigenvalue weighted by atomic mass is 9.93. The number of hydrogen-bond donors (Lipinski definition) is 1. The minimum Gasteiger partial charge on any atom is -0.465 e. The molecule has 0 bridgehead atoms. The van der Waals surface area contributed by atoms with E-state index in [1.54, 1.807) is 31.2 Å². The molecule has 2 atom stereocenters. The van der Waals surface area contributed by atoms with Crippen molar-refractivity contribution in [1.82, 2.24) is 0 Å². The summed E-state index contributed by atoms with van der Waals surface area (Å²) in [5.74, 6) is -1.61. The van der Waals surface area contributed by atoms with E-state index in [0.29, 0.717) is 6.29 Å². The van der Waals surface area contributed by atoms with Crippen LogP contribution in [0.2, 0.25) is 0 Å². The molecule has 0 amide bonds. The monoisotopic (exact) mass is 556 g/mol. The van der Waals surface area contributed by atoms with Gasteiger partial charge in [-0.2, -0.15) is 0 Å². The van der Waals surface area contributed by atoms with Gasteiger partial charge in [0, 0.05) is 6.42 Å². The van der Waals surface area contributed by atoms with Crippen molar-refractivity contribution in [2.45, 2.75) is 33.8 Å². The summed E-state index contributed by atoms with van der Waals surface area (Å²) >= 11 is 0. The van der Waals surface area contributed by atoms with Crippen molar-refractivity contribution in [2.24, 2.45) is 10.8 Å². The first-order chi connectivity index (χ1) is 18.6. The van der Waals surface area contributed by atoms with Gasteiger partial charge >= 0.3 is 24.2 Å².